The van der Waals surface area contributed by atoms with Crippen LogP contribution in [0.1, 0.15) is 47.0 Å². The first-order chi connectivity index (χ1) is 10.4. The number of esters is 2. The highest BCUT2D eigenvalue weighted by molar-refractivity contribution is 5.89. The molecule has 0 radical (unpaired) electrons. The van der Waals surface area contributed by atoms with E-state index >= 15 is 0 Å². The maximum atomic E-state index is 12.0. The molecule has 1 saturated heterocycles. The molecular formula is C16H24O6. The molecule has 0 saturated carbocycles. The fraction of sp³-hybridized carbons (Fsp3) is 0.750. The average molecular weight is 312 g/mol. The van der Waals surface area contributed by atoms with Gasteiger partial charge in [-0.2, -0.15) is 0 Å². The van der Waals surface area contributed by atoms with Crippen molar-refractivity contribution in [2.24, 2.45) is 0 Å². The Hall–Kier alpha value is -1.40. The Morgan fingerprint density at radius 1 is 1.27 bits per heavy atom. The zero-order chi connectivity index (χ0) is 16.3. The van der Waals surface area contributed by atoms with Gasteiger partial charge in [0.25, 0.3) is 0 Å². The molecule has 0 amide bonds. The minimum Gasteiger partial charge on any atom is -0.463 e. The van der Waals surface area contributed by atoms with Gasteiger partial charge in [-0.15, -0.1) is 0 Å². The average Bonchev–Trinajstić information content (AvgIpc) is 2.86. The van der Waals surface area contributed by atoms with E-state index < -0.39 is 29.9 Å². The van der Waals surface area contributed by atoms with Gasteiger partial charge in [-0.3, -0.25) is 4.79 Å². The third kappa shape index (κ3) is 3.33. The van der Waals surface area contributed by atoms with E-state index in [0.717, 1.165) is 0 Å². The van der Waals surface area contributed by atoms with Gasteiger partial charge in [-0.05, 0) is 25.8 Å². The molecule has 0 aromatic rings. The van der Waals surface area contributed by atoms with Crippen LogP contribution in [-0.2, 0) is 28.5 Å². The van der Waals surface area contributed by atoms with E-state index in [2.05, 4.69) is 0 Å². The van der Waals surface area contributed by atoms with Crippen molar-refractivity contribution in [1.29, 1.82) is 0 Å². The molecule has 6 heteroatoms. The maximum Gasteiger partial charge on any atom is 0.333 e. The number of fused-ring (bicyclic) bond motifs is 1. The Labute approximate surface area is 130 Å². The van der Waals surface area contributed by atoms with Gasteiger partial charge >= 0.3 is 11.9 Å². The van der Waals surface area contributed by atoms with E-state index in [9.17, 15) is 9.59 Å². The number of rotatable bonds is 5. The lowest BCUT2D eigenvalue weighted by Gasteiger charge is -2.30. The van der Waals surface area contributed by atoms with E-state index in [1.54, 1.807) is 13.0 Å². The molecule has 1 fully saturated rings. The van der Waals surface area contributed by atoms with Gasteiger partial charge in [0, 0.05) is 18.9 Å². The minimum atomic E-state index is -0.686. The number of hydrogen-bond donors (Lipinski definition) is 0. The molecule has 2 aliphatic rings. The summed E-state index contributed by atoms with van der Waals surface area (Å²) in [6.07, 6.45) is 2.08. The molecule has 1 heterocycles. The predicted molar refractivity (Wildman–Crippen MR) is 77.9 cm³/mol. The molecule has 3 atom stereocenters. The summed E-state index contributed by atoms with van der Waals surface area (Å²) < 4.78 is 22.5. The molecule has 0 aromatic carbocycles. The third-order valence-corrected chi connectivity index (χ3v) is 4.11. The Morgan fingerprint density at radius 3 is 2.50 bits per heavy atom. The summed E-state index contributed by atoms with van der Waals surface area (Å²) in [7, 11) is 0. The SMILES string of the molecule is CCOC(=O)C1=C[C@H]2OC(CC)(CC)O[C@H]2[C@H](OC(C)=O)C1. The van der Waals surface area contributed by atoms with E-state index in [1.807, 2.05) is 13.8 Å². The molecule has 0 unspecified atom stereocenters. The van der Waals surface area contributed by atoms with E-state index in [-0.39, 0.29) is 12.5 Å². The molecule has 0 spiro atoms. The Bertz CT molecular complexity index is 465. The van der Waals surface area contributed by atoms with E-state index in [0.29, 0.717) is 25.0 Å². The lowest BCUT2D eigenvalue weighted by atomic mass is 9.92. The maximum absolute atomic E-state index is 12.0. The summed E-state index contributed by atoms with van der Waals surface area (Å²) in [4.78, 5) is 23.3. The van der Waals surface area contributed by atoms with Crippen LogP contribution in [0.5, 0.6) is 0 Å². The van der Waals surface area contributed by atoms with E-state index in [1.165, 1.54) is 6.92 Å². The molecule has 1 aliphatic carbocycles. The second-order valence-corrected chi connectivity index (χ2v) is 5.55. The molecule has 0 aromatic heterocycles. The van der Waals surface area contributed by atoms with Gasteiger partial charge in [0.05, 0.1) is 6.61 Å². The van der Waals surface area contributed by atoms with Crippen LogP contribution in [0.15, 0.2) is 11.6 Å². The fourth-order valence-corrected chi connectivity index (χ4v) is 2.95. The van der Waals surface area contributed by atoms with Gasteiger partial charge < -0.3 is 18.9 Å². The predicted octanol–water partition coefficient (Wildman–Crippen LogP) is 2.11. The van der Waals surface area contributed by atoms with Crippen molar-refractivity contribution in [3.63, 3.8) is 0 Å². The summed E-state index contributed by atoms with van der Waals surface area (Å²) in [6, 6.07) is 0. The fourth-order valence-electron chi connectivity index (χ4n) is 2.95. The minimum absolute atomic E-state index is 0.284. The van der Waals surface area contributed by atoms with Crippen molar-refractivity contribution in [2.45, 2.75) is 71.1 Å². The summed E-state index contributed by atoms with van der Waals surface area (Å²) in [5, 5.41) is 0. The molecule has 1 aliphatic heterocycles. The van der Waals surface area contributed by atoms with Crippen molar-refractivity contribution in [2.75, 3.05) is 6.61 Å². The molecule has 22 heavy (non-hydrogen) atoms. The molecule has 124 valence electrons. The van der Waals surface area contributed by atoms with Crippen LogP contribution >= 0.6 is 0 Å². The Morgan fingerprint density at radius 2 is 1.95 bits per heavy atom. The molecule has 0 bridgehead atoms. The third-order valence-electron chi connectivity index (χ3n) is 4.11. The van der Waals surface area contributed by atoms with Gasteiger partial charge in [0.15, 0.2) is 5.79 Å². The quantitative estimate of drug-likeness (QED) is 0.724. The monoisotopic (exact) mass is 312 g/mol. The lowest BCUT2D eigenvalue weighted by Crippen LogP contribution is -2.42. The summed E-state index contributed by atoms with van der Waals surface area (Å²) >= 11 is 0. The van der Waals surface area contributed by atoms with Crippen molar-refractivity contribution in [3.8, 4) is 0 Å². The summed E-state index contributed by atoms with van der Waals surface area (Å²) in [5.41, 5.74) is 0.473. The van der Waals surface area contributed by atoms with E-state index in [4.69, 9.17) is 18.9 Å². The highest BCUT2D eigenvalue weighted by Crippen LogP contribution is 2.41. The Balaban J connectivity index is 2.25. The zero-order valence-corrected chi connectivity index (χ0v) is 13.6. The standard InChI is InChI=1S/C16H24O6/c1-5-16(6-2)21-13-9-11(15(18)19-7-3)8-12(14(13)22-16)20-10(4)17/h9,12-14H,5-8H2,1-4H3/t12-,13-,14+/m1/s1. The highest BCUT2D eigenvalue weighted by atomic mass is 16.8. The first-order valence-corrected chi connectivity index (χ1v) is 7.85. The van der Waals surface area contributed by atoms with Crippen molar-refractivity contribution in [3.05, 3.63) is 11.6 Å². The van der Waals surface area contributed by atoms with Crippen LogP contribution in [0.2, 0.25) is 0 Å². The van der Waals surface area contributed by atoms with Crippen LogP contribution < -0.4 is 0 Å². The smallest absolute Gasteiger partial charge is 0.333 e. The molecule has 6 nitrogen and oxygen atoms in total. The first-order valence-electron chi connectivity index (χ1n) is 7.85. The van der Waals surface area contributed by atoms with Crippen LogP contribution in [0.25, 0.3) is 0 Å². The molecule has 2 rings (SSSR count). The van der Waals surface area contributed by atoms with Crippen LogP contribution in [0.3, 0.4) is 0 Å². The van der Waals surface area contributed by atoms with Crippen LogP contribution in [0.4, 0.5) is 0 Å². The molecule has 0 N–H and O–H groups in total. The van der Waals surface area contributed by atoms with Gasteiger partial charge in [-0.1, -0.05) is 13.8 Å². The van der Waals surface area contributed by atoms with Gasteiger partial charge in [0.2, 0.25) is 0 Å². The Kier molecular flexibility index (Phi) is 5.24. The van der Waals surface area contributed by atoms with Crippen molar-refractivity contribution >= 4 is 11.9 Å². The zero-order valence-electron chi connectivity index (χ0n) is 13.6. The summed E-state index contributed by atoms with van der Waals surface area (Å²) in [5.74, 6) is -1.48. The largest absolute Gasteiger partial charge is 0.463 e. The van der Waals surface area contributed by atoms with Crippen LogP contribution in [-0.4, -0.2) is 42.6 Å². The van der Waals surface area contributed by atoms with Gasteiger partial charge in [-0.25, -0.2) is 4.79 Å². The van der Waals surface area contributed by atoms with Crippen molar-refractivity contribution in [1.82, 2.24) is 0 Å². The number of carbonyl (C=O) groups excluding carboxylic acids is 2. The second kappa shape index (κ2) is 6.79. The topological polar surface area (TPSA) is 71.1 Å². The second-order valence-electron chi connectivity index (χ2n) is 5.55. The van der Waals surface area contributed by atoms with Gasteiger partial charge in [0.1, 0.15) is 18.3 Å². The lowest BCUT2D eigenvalue weighted by molar-refractivity contribution is -0.189. The van der Waals surface area contributed by atoms with Crippen molar-refractivity contribution < 1.29 is 28.5 Å². The normalized spacial score (nSPS) is 29.5. The van der Waals surface area contributed by atoms with Crippen LogP contribution in [0, 0.1) is 0 Å². The highest BCUT2D eigenvalue weighted by Gasteiger charge is 2.51. The number of hydrogen-bond acceptors (Lipinski definition) is 6. The first kappa shape index (κ1) is 17.0. The number of ether oxygens (including phenoxy) is 4. The number of carbonyl (C=O) groups is 2. The molecular weight excluding hydrogens is 288 g/mol. The summed E-state index contributed by atoms with van der Waals surface area (Å²) in [6.45, 7) is 7.37.